The molecule has 1 aliphatic heterocycles. The second kappa shape index (κ2) is 5.88. The Morgan fingerprint density at radius 1 is 1.58 bits per heavy atom. The second-order valence-corrected chi connectivity index (χ2v) is 4.70. The summed E-state index contributed by atoms with van der Waals surface area (Å²) in [5.74, 6) is 0.520. The fraction of sp³-hybridized carbons (Fsp3) is 0.538. The van der Waals surface area contributed by atoms with Crippen molar-refractivity contribution in [2.45, 2.75) is 12.8 Å². The van der Waals surface area contributed by atoms with Gasteiger partial charge >= 0.3 is 5.97 Å². The third kappa shape index (κ3) is 2.78. The van der Waals surface area contributed by atoms with E-state index in [0.717, 1.165) is 25.9 Å². The quantitative estimate of drug-likeness (QED) is 0.780. The molecule has 1 aromatic rings. The number of pyridine rings is 1. The Kier molecular flexibility index (Phi) is 4.21. The fourth-order valence-corrected chi connectivity index (χ4v) is 2.33. The van der Waals surface area contributed by atoms with E-state index in [1.54, 1.807) is 12.3 Å². The molecule has 1 aromatic heterocycles. The van der Waals surface area contributed by atoms with Gasteiger partial charge in [-0.2, -0.15) is 0 Å². The van der Waals surface area contributed by atoms with Crippen molar-refractivity contribution in [1.82, 2.24) is 4.98 Å². The minimum absolute atomic E-state index is 0.221. The first-order valence-electron chi connectivity index (χ1n) is 6.36. The van der Waals surface area contributed by atoms with Crippen molar-refractivity contribution < 1.29 is 14.6 Å². The Morgan fingerprint density at radius 2 is 2.26 bits per heavy atom. The van der Waals surface area contributed by atoms with E-state index in [1.807, 2.05) is 4.90 Å². The van der Waals surface area contributed by atoms with E-state index in [-0.39, 0.29) is 6.61 Å². The van der Waals surface area contributed by atoms with Crippen LogP contribution in [0.2, 0.25) is 0 Å². The van der Waals surface area contributed by atoms with Gasteiger partial charge in [0.25, 0.3) is 0 Å². The molecule has 0 amide bonds. The molecule has 2 rings (SSSR count). The van der Waals surface area contributed by atoms with Crippen molar-refractivity contribution in [2.75, 3.05) is 37.4 Å². The van der Waals surface area contributed by atoms with Crippen molar-refractivity contribution in [3.05, 3.63) is 17.8 Å². The number of hydrogen-bond acceptors (Lipinski definition) is 6. The molecule has 0 spiro atoms. The van der Waals surface area contributed by atoms with Crippen molar-refractivity contribution >= 4 is 17.5 Å². The second-order valence-electron chi connectivity index (χ2n) is 4.70. The highest BCUT2D eigenvalue weighted by atomic mass is 16.5. The number of anilines is 2. The first-order chi connectivity index (χ1) is 9.17. The average molecular weight is 265 g/mol. The number of methoxy groups -OCH3 is 1. The Labute approximate surface area is 112 Å². The summed E-state index contributed by atoms with van der Waals surface area (Å²) in [6.07, 6.45) is 3.37. The van der Waals surface area contributed by atoms with E-state index in [1.165, 1.54) is 7.11 Å². The lowest BCUT2D eigenvalue weighted by molar-refractivity contribution is 0.0602. The van der Waals surface area contributed by atoms with Crippen molar-refractivity contribution in [1.29, 1.82) is 0 Å². The first kappa shape index (κ1) is 13.6. The van der Waals surface area contributed by atoms with E-state index in [9.17, 15) is 4.79 Å². The maximum atomic E-state index is 11.6. The molecule has 0 bridgehead atoms. The molecule has 19 heavy (non-hydrogen) atoms. The zero-order valence-electron chi connectivity index (χ0n) is 11.0. The molecule has 2 heterocycles. The van der Waals surface area contributed by atoms with Gasteiger partial charge in [-0.15, -0.1) is 0 Å². The zero-order chi connectivity index (χ0) is 13.8. The van der Waals surface area contributed by atoms with Gasteiger partial charge in [-0.3, -0.25) is 0 Å². The molecule has 0 atom stereocenters. The van der Waals surface area contributed by atoms with Gasteiger partial charge in [-0.1, -0.05) is 0 Å². The molecule has 0 unspecified atom stereocenters. The maximum absolute atomic E-state index is 11.6. The van der Waals surface area contributed by atoms with E-state index in [2.05, 4.69) is 4.98 Å². The number of hydrogen-bond donors (Lipinski definition) is 2. The lowest BCUT2D eigenvalue weighted by Gasteiger charge is -2.32. The summed E-state index contributed by atoms with van der Waals surface area (Å²) < 4.78 is 4.70. The van der Waals surface area contributed by atoms with Crippen molar-refractivity contribution in [3.63, 3.8) is 0 Å². The van der Waals surface area contributed by atoms with Crippen LogP contribution >= 0.6 is 0 Å². The number of nitrogen functional groups attached to an aromatic ring is 1. The topological polar surface area (TPSA) is 88.7 Å². The molecule has 0 aliphatic carbocycles. The lowest BCUT2D eigenvalue weighted by Crippen LogP contribution is -2.36. The minimum atomic E-state index is -0.452. The summed E-state index contributed by atoms with van der Waals surface area (Å²) in [6, 6.07) is 1.56. The molecule has 6 heteroatoms. The van der Waals surface area contributed by atoms with Gasteiger partial charge in [0.1, 0.15) is 0 Å². The van der Waals surface area contributed by atoms with Crippen LogP contribution in [0.1, 0.15) is 23.2 Å². The predicted octanol–water partition coefficient (Wildman–Crippen LogP) is 0.659. The number of aromatic nitrogens is 1. The van der Waals surface area contributed by atoms with Gasteiger partial charge in [-0.25, -0.2) is 9.78 Å². The SMILES string of the molecule is COC(=O)c1ccnc(N2CCC(CO)CC2)c1N. The summed E-state index contributed by atoms with van der Waals surface area (Å²) in [5.41, 5.74) is 6.71. The molecule has 1 fully saturated rings. The number of carbonyl (C=O) groups is 1. The van der Waals surface area contributed by atoms with Crippen LogP contribution in [-0.4, -0.2) is 42.9 Å². The smallest absolute Gasteiger partial charge is 0.340 e. The molecular weight excluding hydrogens is 246 g/mol. The zero-order valence-corrected chi connectivity index (χ0v) is 11.0. The molecule has 0 radical (unpaired) electrons. The standard InChI is InChI=1S/C13H19N3O3/c1-19-13(18)10-2-5-15-12(11(10)14)16-6-3-9(8-17)4-7-16/h2,5,9,17H,3-4,6-8,14H2,1H3. The van der Waals surface area contributed by atoms with E-state index in [0.29, 0.717) is 23.0 Å². The summed E-state index contributed by atoms with van der Waals surface area (Å²) in [4.78, 5) is 17.9. The van der Waals surface area contributed by atoms with Crippen LogP contribution in [0.5, 0.6) is 0 Å². The highest BCUT2D eigenvalue weighted by Crippen LogP contribution is 2.28. The van der Waals surface area contributed by atoms with Crippen LogP contribution in [0.25, 0.3) is 0 Å². The molecule has 104 valence electrons. The van der Waals surface area contributed by atoms with Gasteiger partial charge in [-0.05, 0) is 24.8 Å². The first-order valence-corrected chi connectivity index (χ1v) is 6.36. The van der Waals surface area contributed by atoms with Crippen LogP contribution in [0, 0.1) is 5.92 Å². The summed E-state index contributed by atoms with van der Waals surface area (Å²) in [6.45, 7) is 1.79. The average Bonchev–Trinajstić information content (AvgIpc) is 2.47. The van der Waals surface area contributed by atoms with Crippen LogP contribution < -0.4 is 10.6 Å². The number of ether oxygens (including phenoxy) is 1. The Bertz CT molecular complexity index is 456. The maximum Gasteiger partial charge on any atom is 0.340 e. The normalized spacial score (nSPS) is 16.4. The summed E-state index contributed by atoms with van der Waals surface area (Å²) in [7, 11) is 1.33. The molecule has 1 aliphatic rings. The largest absolute Gasteiger partial charge is 0.465 e. The highest BCUT2D eigenvalue weighted by Gasteiger charge is 2.23. The number of rotatable bonds is 3. The van der Waals surface area contributed by atoms with E-state index in [4.69, 9.17) is 15.6 Å². The third-order valence-corrected chi connectivity index (χ3v) is 3.55. The molecule has 0 saturated carbocycles. The number of nitrogens with two attached hydrogens (primary N) is 1. The van der Waals surface area contributed by atoms with Crippen LogP contribution in [0.3, 0.4) is 0 Å². The number of carbonyl (C=O) groups excluding carboxylic acids is 1. The predicted molar refractivity (Wildman–Crippen MR) is 72.0 cm³/mol. The number of piperidine rings is 1. The fourth-order valence-electron chi connectivity index (χ4n) is 2.33. The number of aliphatic hydroxyl groups is 1. The van der Waals surface area contributed by atoms with Gasteiger partial charge in [0, 0.05) is 25.9 Å². The minimum Gasteiger partial charge on any atom is -0.465 e. The molecule has 6 nitrogen and oxygen atoms in total. The van der Waals surface area contributed by atoms with Crippen molar-refractivity contribution in [3.8, 4) is 0 Å². The number of esters is 1. The number of nitrogens with zero attached hydrogens (tertiary/aromatic N) is 2. The highest BCUT2D eigenvalue weighted by molar-refractivity contribution is 5.97. The lowest BCUT2D eigenvalue weighted by atomic mass is 9.98. The summed E-state index contributed by atoms with van der Waals surface area (Å²) in [5, 5.41) is 9.13. The van der Waals surface area contributed by atoms with Crippen LogP contribution in [-0.2, 0) is 4.74 Å². The molecular formula is C13H19N3O3. The Morgan fingerprint density at radius 3 is 2.84 bits per heavy atom. The van der Waals surface area contributed by atoms with E-state index >= 15 is 0 Å². The van der Waals surface area contributed by atoms with Crippen LogP contribution in [0.4, 0.5) is 11.5 Å². The van der Waals surface area contributed by atoms with Gasteiger partial charge in [0.05, 0.1) is 18.4 Å². The summed E-state index contributed by atoms with van der Waals surface area (Å²) >= 11 is 0. The van der Waals surface area contributed by atoms with E-state index < -0.39 is 5.97 Å². The van der Waals surface area contributed by atoms with Gasteiger partial charge in [0.15, 0.2) is 5.82 Å². The molecule has 1 saturated heterocycles. The van der Waals surface area contributed by atoms with Gasteiger partial charge in [0.2, 0.25) is 0 Å². The Hall–Kier alpha value is -1.82. The molecule has 0 aromatic carbocycles. The van der Waals surface area contributed by atoms with Crippen LogP contribution in [0.15, 0.2) is 12.3 Å². The van der Waals surface area contributed by atoms with Gasteiger partial charge < -0.3 is 20.5 Å². The third-order valence-electron chi connectivity index (χ3n) is 3.55. The molecule has 3 N–H and O–H groups in total. The Balaban J connectivity index is 2.19. The monoisotopic (exact) mass is 265 g/mol. The number of aliphatic hydroxyl groups excluding tert-OH is 1. The van der Waals surface area contributed by atoms with Crippen molar-refractivity contribution in [2.24, 2.45) is 5.92 Å².